The Bertz CT molecular complexity index is 1260. The van der Waals surface area contributed by atoms with E-state index in [0.29, 0.717) is 25.1 Å². The number of hydrogen-bond acceptors (Lipinski definition) is 6. The fourth-order valence-corrected chi connectivity index (χ4v) is 4.97. The minimum atomic E-state index is -4.31. The van der Waals surface area contributed by atoms with Gasteiger partial charge >= 0.3 is 0 Å². The van der Waals surface area contributed by atoms with Crippen LogP contribution in [-0.2, 0) is 34.0 Å². The van der Waals surface area contributed by atoms with Crippen molar-refractivity contribution in [3.63, 3.8) is 0 Å². The van der Waals surface area contributed by atoms with Gasteiger partial charge < -0.3 is 9.84 Å². The summed E-state index contributed by atoms with van der Waals surface area (Å²) in [5.41, 5.74) is 2.36. The van der Waals surface area contributed by atoms with E-state index in [1.165, 1.54) is 16.7 Å². The summed E-state index contributed by atoms with van der Waals surface area (Å²) in [7, 11) is -4.31. The van der Waals surface area contributed by atoms with Crippen molar-refractivity contribution in [3.05, 3.63) is 75.3 Å². The molecule has 0 spiro atoms. The number of ether oxygens (including phenoxy) is 1. The highest BCUT2D eigenvalue weighted by atomic mass is 32.2. The van der Waals surface area contributed by atoms with Crippen molar-refractivity contribution in [1.82, 2.24) is 9.55 Å². The lowest BCUT2D eigenvalue weighted by Crippen LogP contribution is -2.31. The number of hydrogen-bond donors (Lipinski definition) is 1. The molecule has 170 valence electrons. The van der Waals surface area contributed by atoms with Gasteiger partial charge in [0.25, 0.3) is 5.56 Å². The van der Waals surface area contributed by atoms with Crippen molar-refractivity contribution in [2.24, 2.45) is 0 Å². The molecule has 3 rings (SSSR count). The van der Waals surface area contributed by atoms with Gasteiger partial charge in [-0.2, -0.15) is 4.98 Å². The number of para-hydroxylation sites is 1. The first-order valence-electron chi connectivity index (χ1n) is 10.6. The van der Waals surface area contributed by atoms with Gasteiger partial charge in [-0.25, -0.2) is 8.42 Å². The van der Waals surface area contributed by atoms with Crippen molar-refractivity contribution in [2.45, 2.75) is 56.9 Å². The van der Waals surface area contributed by atoms with Crippen LogP contribution in [-0.4, -0.2) is 29.7 Å². The molecule has 1 N–H and O–H groups in total. The van der Waals surface area contributed by atoms with Crippen LogP contribution in [0.4, 0.5) is 0 Å². The van der Waals surface area contributed by atoms with Gasteiger partial charge in [-0.05, 0) is 49.9 Å². The predicted octanol–water partition coefficient (Wildman–Crippen LogP) is 3.74. The SMILES string of the molecule is CCOCc1nc(O)c(S(=O)(=O)c2ccc(C)cc2)c(=O)n1-c1c(CC)cccc1CC. The van der Waals surface area contributed by atoms with Gasteiger partial charge in [-0.1, -0.05) is 49.7 Å². The number of aromatic nitrogens is 2. The third-order valence-electron chi connectivity index (χ3n) is 5.32. The van der Waals surface area contributed by atoms with E-state index in [9.17, 15) is 18.3 Å². The largest absolute Gasteiger partial charge is 0.492 e. The molecule has 0 bridgehead atoms. The van der Waals surface area contributed by atoms with Crippen molar-refractivity contribution in [2.75, 3.05) is 6.61 Å². The summed E-state index contributed by atoms with van der Waals surface area (Å²) in [6, 6.07) is 11.8. The zero-order valence-electron chi connectivity index (χ0n) is 18.8. The highest BCUT2D eigenvalue weighted by Crippen LogP contribution is 2.28. The maximum atomic E-state index is 13.7. The van der Waals surface area contributed by atoms with Crippen LogP contribution in [0.5, 0.6) is 5.88 Å². The minimum Gasteiger partial charge on any atom is -0.492 e. The molecule has 0 aliphatic carbocycles. The first-order valence-corrected chi connectivity index (χ1v) is 12.1. The predicted molar refractivity (Wildman–Crippen MR) is 122 cm³/mol. The first kappa shape index (κ1) is 23.7. The fourth-order valence-electron chi connectivity index (χ4n) is 3.63. The van der Waals surface area contributed by atoms with Crippen LogP contribution in [0, 0.1) is 6.92 Å². The second-order valence-corrected chi connectivity index (χ2v) is 9.29. The number of sulfone groups is 1. The van der Waals surface area contributed by atoms with Gasteiger partial charge in [-0.15, -0.1) is 0 Å². The lowest BCUT2D eigenvalue weighted by Gasteiger charge is -2.20. The third kappa shape index (κ3) is 4.33. The molecule has 32 heavy (non-hydrogen) atoms. The van der Waals surface area contributed by atoms with Crippen LogP contribution in [0.25, 0.3) is 5.69 Å². The Kier molecular flexibility index (Phi) is 7.16. The van der Waals surface area contributed by atoms with Gasteiger partial charge in [0.05, 0.1) is 10.6 Å². The molecule has 0 fully saturated rings. The zero-order chi connectivity index (χ0) is 23.5. The van der Waals surface area contributed by atoms with Crippen LogP contribution >= 0.6 is 0 Å². The van der Waals surface area contributed by atoms with E-state index >= 15 is 0 Å². The van der Waals surface area contributed by atoms with E-state index in [2.05, 4.69) is 4.98 Å². The molecular weight excluding hydrogens is 428 g/mol. The van der Waals surface area contributed by atoms with Crippen LogP contribution < -0.4 is 5.56 Å². The maximum absolute atomic E-state index is 13.7. The van der Waals surface area contributed by atoms with Crippen LogP contribution in [0.1, 0.15) is 43.3 Å². The average Bonchev–Trinajstić information content (AvgIpc) is 2.77. The number of rotatable bonds is 8. The standard InChI is InChI=1S/C24H28N2O5S/c1-5-17-9-8-10-18(6-2)21(17)26-20(15-31-7-3)25-23(27)22(24(26)28)32(29,30)19-13-11-16(4)12-14-19/h8-14,27H,5-7,15H2,1-4H3. The summed E-state index contributed by atoms with van der Waals surface area (Å²) >= 11 is 0. The molecular formula is C24H28N2O5S. The van der Waals surface area contributed by atoms with E-state index in [1.54, 1.807) is 19.1 Å². The second kappa shape index (κ2) is 9.67. The Balaban J connectivity index is 2.40. The van der Waals surface area contributed by atoms with Gasteiger partial charge in [0.2, 0.25) is 15.7 Å². The molecule has 0 aliphatic heterocycles. The lowest BCUT2D eigenvalue weighted by atomic mass is 10.0. The Morgan fingerprint density at radius 2 is 1.59 bits per heavy atom. The molecule has 0 saturated carbocycles. The summed E-state index contributed by atoms with van der Waals surface area (Å²) < 4.78 is 33.5. The normalized spacial score (nSPS) is 11.6. The zero-order valence-corrected chi connectivity index (χ0v) is 19.6. The van der Waals surface area contributed by atoms with Crippen molar-refractivity contribution in [1.29, 1.82) is 0 Å². The molecule has 1 heterocycles. The highest BCUT2D eigenvalue weighted by molar-refractivity contribution is 7.91. The Morgan fingerprint density at radius 3 is 2.12 bits per heavy atom. The van der Waals surface area contributed by atoms with E-state index in [4.69, 9.17) is 4.74 Å². The fraction of sp³-hybridized carbons (Fsp3) is 0.333. The lowest BCUT2D eigenvalue weighted by molar-refractivity contribution is 0.125. The Morgan fingerprint density at radius 1 is 1.00 bits per heavy atom. The molecule has 3 aromatic rings. The molecule has 0 amide bonds. The van der Waals surface area contributed by atoms with Gasteiger partial charge in [0.1, 0.15) is 12.4 Å². The van der Waals surface area contributed by atoms with Crippen LogP contribution in [0.15, 0.2) is 57.1 Å². The minimum absolute atomic E-state index is 0.0502. The molecule has 0 unspecified atom stereocenters. The van der Waals surface area contributed by atoms with Gasteiger partial charge in [0, 0.05) is 6.61 Å². The van der Waals surface area contributed by atoms with Crippen molar-refractivity contribution < 1.29 is 18.3 Å². The van der Waals surface area contributed by atoms with Crippen molar-refractivity contribution >= 4 is 9.84 Å². The molecule has 2 aromatic carbocycles. The second-order valence-electron chi connectivity index (χ2n) is 7.41. The summed E-state index contributed by atoms with van der Waals surface area (Å²) in [6.07, 6.45) is 1.26. The van der Waals surface area contributed by atoms with E-state index in [1.807, 2.05) is 39.0 Å². The molecule has 0 aliphatic rings. The number of nitrogens with zero attached hydrogens (tertiary/aromatic N) is 2. The van der Waals surface area contributed by atoms with Crippen LogP contribution in [0.3, 0.4) is 0 Å². The summed E-state index contributed by atoms with van der Waals surface area (Å²) in [4.78, 5) is 17.0. The molecule has 8 heteroatoms. The number of aryl methyl sites for hydroxylation is 3. The summed E-state index contributed by atoms with van der Waals surface area (Å²) in [5, 5.41) is 10.6. The maximum Gasteiger partial charge on any atom is 0.281 e. The number of benzene rings is 2. The molecule has 7 nitrogen and oxygen atoms in total. The molecule has 0 radical (unpaired) electrons. The third-order valence-corrected chi connectivity index (χ3v) is 7.10. The molecule has 0 atom stereocenters. The molecule has 0 saturated heterocycles. The van der Waals surface area contributed by atoms with Crippen molar-refractivity contribution in [3.8, 4) is 11.6 Å². The van der Waals surface area contributed by atoms with Crippen LogP contribution in [0.2, 0.25) is 0 Å². The summed E-state index contributed by atoms with van der Waals surface area (Å²) in [6.45, 7) is 7.88. The average molecular weight is 457 g/mol. The van der Waals surface area contributed by atoms with Gasteiger partial charge in [0.15, 0.2) is 4.90 Å². The smallest absolute Gasteiger partial charge is 0.281 e. The Hall–Kier alpha value is -2.97. The number of aromatic hydroxyl groups is 1. The monoisotopic (exact) mass is 456 g/mol. The van der Waals surface area contributed by atoms with E-state index in [0.717, 1.165) is 16.7 Å². The van der Waals surface area contributed by atoms with E-state index in [-0.39, 0.29) is 17.3 Å². The highest BCUT2D eigenvalue weighted by Gasteiger charge is 2.30. The molecule has 1 aromatic heterocycles. The Labute approximate surface area is 188 Å². The summed E-state index contributed by atoms with van der Waals surface area (Å²) in [5.74, 6) is -0.679. The first-order chi connectivity index (χ1) is 15.3. The topological polar surface area (TPSA) is 98.5 Å². The van der Waals surface area contributed by atoms with E-state index < -0.39 is 26.2 Å². The quantitative estimate of drug-likeness (QED) is 0.554. The van der Waals surface area contributed by atoms with Gasteiger partial charge in [-0.3, -0.25) is 9.36 Å².